The molecule has 0 aliphatic carbocycles. The molecule has 0 aromatic heterocycles. The molecule has 0 radical (unpaired) electrons. The van der Waals surface area contributed by atoms with Crippen molar-refractivity contribution in [3.05, 3.63) is 35.6 Å². The van der Waals surface area contributed by atoms with Gasteiger partial charge in [0.05, 0.1) is 18.3 Å². The second-order valence-corrected chi connectivity index (χ2v) is 5.89. The minimum atomic E-state index is -0.966. The molecular weight excluding hydrogens is 258 g/mol. The lowest BCUT2D eigenvalue weighted by Crippen LogP contribution is -2.41. The van der Waals surface area contributed by atoms with E-state index in [-0.39, 0.29) is 0 Å². The Balaban J connectivity index is 2.19. The third kappa shape index (κ3) is 2.89. The van der Waals surface area contributed by atoms with Crippen LogP contribution in [0.15, 0.2) is 30.0 Å². The van der Waals surface area contributed by atoms with Crippen LogP contribution in [0.25, 0.3) is 6.08 Å². The summed E-state index contributed by atoms with van der Waals surface area (Å²) in [5.41, 5.74) is -0.831. The summed E-state index contributed by atoms with van der Waals surface area (Å²) in [7, 11) is 0.610. The molecule has 1 heterocycles. The molecule has 1 fully saturated rings. The van der Waals surface area contributed by atoms with E-state index in [1.165, 1.54) is 6.08 Å². The number of ether oxygens (including phenoxy) is 1. The molecule has 1 saturated heterocycles. The monoisotopic (exact) mass is 278 g/mol. The summed E-state index contributed by atoms with van der Waals surface area (Å²) in [6, 6.07) is 7.17. The fraction of sp³-hybridized carbons (Fsp3) is 0.467. The lowest BCUT2D eigenvalue weighted by atomic mass is 9.87. The van der Waals surface area contributed by atoms with Crippen LogP contribution in [0.4, 0.5) is 4.39 Å². The summed E-state index contributed by atoms with van der Waals surface area (Å²) in [5, 5.41) is 0. The van der Waals surface area contributed by atoms with Crippen LogP contribution in [-0.2, 0) is 9.31 Å². The van der Waals surface area contributed by atoms with Gasteiger partial charge < -0.3 is 14.0 Å². The molecule has 0 amide bonds. The normalized spacial score (nSPS) is 21.1. The van der Waals surface area contributed by atoms with Crippen molar-refractivity contribution in [3.63, 3.8) is 0 Å². The zero-order valence-corrected chi connectivity index (χ0v) is 12.6. The maximum atomic E-state index is 14.3. The van der Waals surface area contributed by atoms with E-state index in [9.17, 15) is 4.39 Å². The topological polar surface area (TPSA) is 27.7 Å². The van der Waals surface area contributed by atoms with Crippen molar-refractivity contribution < 1.29 is 18.4 Å². The molecule has 1 aliphatic rings. The zero-order chi connectivity index (χ0) is 15.0. The van der Waals surface area contributed by atoms with Gasteiger partial charge >= 0.3 is 7.12 Å². The van der Waals surface area contributed by atoms with Crippen molar-refractivity contribution in [2.45, 2.75) is 38.9 Å². The Morgan fingerprint density at radius 2 is 1.80 bits per heavy atom. The summed E-state index contributed by atoms with van der Waals surface area (Å²) < 4.78 is 30.7. The van der Waals surface area contributed by atoms with Gasteiger partial charge in [-0.3, -0.25) is 0 Å². The molecule has 1 aliphatic heterocycles. The molecule has 3 nitrogen and oxygen atoms in total. The fourth-order valence-electron chi connectivity index (χ4n) is 1.91. The Kier molecular flexibility index (Phi) is 3.94. The van der Waals surface area contributed by atoms with Gasteiger partial charge in [0.2, 0.25) is 0 Å². The van der Waals surface area contributed by atoms with Crippen LogP contribution in [0.2, 0.25) is 0 Å². The minimum absolute atomic E-state index is 0.447. The average Bonchev–Trinajstić information content (AvgIpc) is 2.59. The molecule has 2 rings (SSSR count). The molecular formula is C15H20BFO3. The Bertz CT molecular complexity index is 510. The van der Waals surface area contributed by atoms with Crippen LogP contribution < -0.4 is 4.74 Å². The molecule has 1 aromatic carbocycles. The molecule has 20 heavy (non-hydrogen) atoms. The predicted octanol–water partition coefficient (Wildman–Crippen LogP) is 3.64. The van der Waals surface area contributed by atoms with Crippen molar-refractivity contribution in [2.75, 3.05) is 7.11 Å². The van der Waals surface area contributed by atoms with E-state index in [0.29, 0.717) is 11.3 Å². The maximum Gasteiger partial charge on any atom is 0.525 e. The van der Waals surface area contributed by atoms with Crippen LogP contribution in [0, 0.1) is 0 Å². The van der Waals surface area contributed by atoms with E-state index in [2.05, 4.69) is 0 Å². The van der Waals surface area contributed by atoms with Crippen molar-refractivity contribution in [1.82, 2.24) is 0 Å². The number of hydrogen-bond acceptors (Lipinski definition) is 3. The summed E-state index contributed by atoms with van der Waals surface area (Å²) in [4.78, 5) is 0. The summed E-state index contributed by atoms with van der Waals surface area (Å²) in [6.07, 6.45) is 1.41. The predicted molar refractivity (Wildman–Crippen MR) is 78.2 cm³/mol. The van der Waals surface area contributed by atoms with Crippen LogP contribution in [0.5, 0.6) is 5.75 Å². The van der Waals surface area contributed by atoms with Gasteiger partial charge in [-0.05, 0) is 51.5 Å². The fourth-order valence-corrected chi connectivity index (χ4v) is 1.91. The minimum Gasteiger partial charge on any atom is -0.497 e. The SMILES string of the molecule is COc1cccc(C=C(F)B2OC(C)(C)C(C)(C)O2)c1. The van der Waals surface area contributed by atoms with Gasteiger partial charge in [0.15, 0.2) is 0 Å². The van der Waals surface area contributed by atoms with Crippen molar-refractivity contribution in [2.24, 2.45) is 0 Å². The van der Waals surface area contributed by atoms with E-state index in [0.717, 1.165) is 0 Å². The largest absolute Gasteiger partial charge is 0.525 e. The first-order chi connectivity index (χ1) is 9.25. The first kappa shape index (κ1) is 15.1. The number of halogens is 1. The molecule has 0 saturated carbocycles. The van der Waals surface area contributed by atoms with Gasteiger partial charge in [0.1, 0.15) is 11.5 Å². The molecule has 5 heteroatoms. The van der Waals surface area contributed by atoms with Gasteiger partial charge in [-0.2, -0.15) is 0 Å². The van der Waals surface area contributed by atoms with Crippen LogP contribution in [0.1, 0.15) is 33.3 Å². The third-order valence-corrected chi connectivity index (χ3v) is 3.88. The molecule has 0 spiro atoms. The highest BCUT2D eigenvalue weighted by Gasteiger charge is 2.52. The number of methoxy groups -OCH3 is 1. The smallest absolute Gasteiger partial charge is 0.497 e. The quantitative estimate of drug-likeness (QED) is 0.790. The Hall–Kier alpha value is -1.33. The lowest BCUT2D eigenvalue weighted by Gasteiger charge is -2.32. The number of hydrogen-bond donors (Lipinski definition) is 0. The van der Waals surface area contributed by atoms with Crippen molar-refractivity contribution in [3.8, 4) is 5.75 Å². The molecule has 0 N–H and O–H groups in total. The second kappa shape index (κ2) is 5.22. The Morgan fingerprint density at radius 1 is 1.20 bits per heavy atom. The van der Waals surface area contributed by atoms with Gasteiger partial charge in [-0.25, -0.2) is 4.39 Å². The van der Waals surface area contributed by atoms with Crippen molar-refractivity contribution in [1.29, 1.82) is 0 Å². The van der Waals surface area contributed by atoms with Gasteiger partial charge in [0.25, 0.3) is 0 Å². The van der Waals surface area contributed by atoms with E-state index in [1.807, 2.05) is 39.8 Å². The first-order valence-corrected chi connectivity index (χ1v) is 6.62. The number of rotatable bonds is 3. The highest BCUT2D eigenvalue weighted by Crippen LogP contribution is 2.39. The van der Waals surface area contributed by atoms with E-state index in [1.54, 1.807) is 19.2 Å². The number of benzene rings is 1. The second-order valence-electron chi connectivity index (χ2n) is 5.89. The first-order valence-electron chi connectivity index (χ1n) is 6.62. The molecule has 0 atom stereocenters. The van der Waals surface area contributed by atoms with Crippen LogP contribution in [0.3, 0.4) is 0 Å². The van der Waals surface area contributed by atoms with E-state index < -0.39 is 24.0 Å². The summed E-state index contributed by atoms with van der Waals surface area (Å²) >= 11 is 0. The van der Waals surface area contributed by atoms with Crippen LogP contribution >= 0.6 is 0 Å². The average molecular weight is 278 g/mol. The van der Waals surface area contributed by atoms with Crippen LogP contribution in [-0.4, -0.2) is 25.4 Å². The standard InChI is InChI=1S/C15H20BFO3/c1-14(2)15(3,4)20-16(19-14)13(17)10-11-7-6-8-12(9-11)18-5/h6-10H,1-5H3. The summed E-state index contributed by atoms with van der Waals surface area (Å²) in [5.74, 6) is 0.681. The maximum absolute atomic E-state index is 14.3. The zero-order valence-electron chi connectivity index (χ0n) is 12.6. The molecule has 0 bridgehead atoms. The van der Waals surface area contributed by atoms with E-state index in [4.69, 9.17) is 14.0 Å². The third-order valence-electron chi connectivity index (χ3n) is 3.88. The van der Waals surface area contributed by atoms with Gasteiger partial charge in [0, 0.05) is 0 Å². The molecule has 108 valence electrons. The molecule has 0 unspecified atom stereocenters. The highest BCUT2D eigenvalue weighted by atomic mass is 19.1. The Morgan fingerprint density at radius 3 is 2.35 bits per heavy atom. The van der Waals surface area contributed by atoms with Crippen molar-refractivity contribution >= 4 is 13.2 Å². The summed E-state index contributed by atoms with van der Waals surface area (Å²) in [6.45, 7) is 7.58. The lowest BCUT2D eigenvalue weighted by molar-refractivity contribution is 0.00578. The molecule has 1 aromatic rings. The Labute approximate surface area is 119 Å². The van der Waals surface area contributed by atoms with E-state index >= 15 is 0 Å². The highest BCUT2D eigenvalue weighted by molar-refractivity contribution is 6.54. The van der Waals surface area contributed by atoms with Gasteiger partial charge in [-0.15, -0.1) is 0 Å². The van der Waals surface area contributed by atoms with Gasteiger partial charge in [-0.1, -0.05) is 12.1 Å².